The van der Waals surface area contributed by atoms with E-state index in [9.17, 15) is 18.0 Å². The van der Waals surface area contributed by atoms with Crippen LogP contribution in [0.5, 0.6) is 5.75 Å². The Kier molecular flexibility index (Phi) is 10.4. The quantitative estimate of drug-likeness (QED) is 0.339. The first-order valence-electron chi connectivity index (χ1n) is 12.6. The fourth-order valence-electron chi connectivity index (χ4n) is 3.86. The predicted molar refractivity (Wildman–Crippen MR) is 153 cm³/mol. The average Bonchev–Trinajstić information content (AvgIpc) is 2.93. The topological polar surface area (TPSA) is 96.0 Å². The summed E-state index contributed by atoms with van der Waals surface area (Å²) in [5.41, 5.74) is 0.994. The summed E-state index contributed by atoms with van der Waals surface area (Å²) < 4.78 is 33.8. The molecule has 1 N–H and O–H groups in total. The molecule has 208 valence electrons. The molecule has 0 saturated heterocycles. The maximum absolute atomic E-state index is 13.9. The number of carbonyl (C=O) groups is 2. The number of hydrogen-bond donors (Lipinski definition) is 1. The van der Waals surface area contributed by atoms with Crippen LogP contribution in [-0.4, -0.2) is 51.4 Å². The monoisotopic (exact) mass is 571 g/mol. The van der Waals surface area contributed by atoms with Crippen LogP contribution in [0.1, 0.15) is 26.3 Å². The van der Waals surface area contributed by atoms with E-state index in [4.69, 9.17) is 16.3 Å². The van der Waals surface area contributed by atoms with Gasteiger partial charge in [-0.2, -0.15) is 0 Å². The Balaban J connectivity index is 2.00. The van der Waals surface area contributed by atoms with E-state index in [0.29, 0.717) is 22.9 Å². The van der Waals surface area contributed by atoms with E-state index in [2.05, 4.69) is 5.32 Å². The van der Waals surface area contributed by atoms with Gasteiger partial charge in [0.1, 0.15) is 18.3 Å². The molecule has 0 spiro atoms. The molecule has 3 aromatic rings. The van der Waals surface area contributed by atoms with E-state index in [-0.39, 0.29) is 29.0 Å². The number of methoxy groups -OCH3 is 1. The number of nitrogens with one attached hydrogen (secondary N) is 1. The number of hydrogen-bond acceptors (Lipinski definition) is 5. The number of sulfonamides is 1. The van der Waals surface area contributed by atoms with Gasteiger partial charge in [-0.05, 0) is 66.9 Å². The van der Waals surface area contributed by atoms with Crippen molar-refractivity contribution in [1.82, 2.24) is 10.2 Å². The molecule has 0 saturated carbocycles. The average molecular weight is 572 g/mol. The minimum atomic E-state index is -4.13. The van der Waals surface area contributed by atoms with Crippen molar-refractivity contribution in [1.29, 1.82) is 0 Å². The van der Waals surface area contributed by atoms with Gasteiger partial charge in [-0.15, -0.1) is 0 Å². The van der Waals surface area contributed by atoms with Crippen molar-refractivity contribution in [2.45, 2.75) is 38.3 Å². The first-order valence-corrected chi connectivity index (χ1v) is 14.4. The molecule has 0 aliphatic carbocycles. The van der Waals surface area contributed by atoms with Gasteiger partial charge in [0.15, 0.2) is 0 Å². The number of benzene rings is 3. The van der Waals surface area contributed by atoms with Gasteiger partial charge in [-0.1, -0.05) is 55.8 Å². The van der Waals surface area contributed by atoms with E-state index >= 15 is 0 Å². The van der Waals surface area contributed by atoms with Crippen LogP contribution < -0.4 is 14.4 Å². The van der Waals surface area contributed by atoms with E-state index in [1.807, 2.05) is 13.8 Å². The molecule has 0 aliphatic rings. The molecule has 1 atom stereocenters. The van der Waals surface area contributed by atoms with Crippen LogP contribution in [0.4, 0.5) is 5.69 Å². The summed E-state index contributed by atoms with van der Waals surface area (Å²) in [5, 5.41) is 3.35. The predicted octanol–water partition coefficient (Wildman–Crippen LogP) is 4.73. The minimum absolute atomic E-state index is 0.0396. The van der Waals surface area contributed by atoms with Gasteiger partial charge in [-0.3, -0.25) is 13.9 Å². The maximum Gasteiger partial charge on any atom is 0.264 e. The minimum Gasteiger partial charge on any atom is -0.497 e. The summed E-state index contributed by atoms with van der Waals surface area (Å²) in [6.07, 6.45) is 0. The summed E-state index contributed by atoms with van der Waals surface area (Å²) in [5.74, 6) is -0.113. The van der Waals surface area contributed by atoms with Crippen LogP contribution in [0.2, 0.25) is 5.02 Å². The van der Waals surface area contributed by atoms with Crippen molar-refractivity contribution in [2.24, 2.45) is 5.92 Å². The third-order valence-corrected chi connectivity index (χ3v) is 8.09. The van der Waals surface area contributed by atoms with Crippen LogP contribution in [-0.2, 0) is 26.2 Å². The Morgan fingerprint density at radius 1 is 0.949 bits per heavy atom. The van der Waals surface area contributed by atoms with Crippen molar-refractivity contribution < 1.29 is 22.7 Å². The molecule has 0 heterocycles. The van der Waals surface area contributed by atoms with Crippen molar-refractivity contribution in [3.8, 4) is 5.75 Å². The highest BCUT2D eigenvalue weighted by atomic mass is 35.5. The summed E-state index contributed by atoms with van der Waals surface area (Å²) in [4.78, 5) is 28.3. The van der Waals surface area contributed by atoms with Gasteiger partial charge >= 0.3 is 0 Å². The number of rotatable bonds is 12. The van der Waals surface area contributed by atoms with Gasteiger partial charge in [0, 0.05) is 18.1 Å². The van der Waals surface area contributed by atoms with Gasteiger partial charge in [0.25, 0.3) is 10.0 Å². The molecular formula is C29H34ClN3O5S. The Morgan fingerprint density at radius 3 is 2.21 bits per heavy atom. The van der Waals surface area contributed by atoms with Crippen LogP contribution >= 0.6 is 11.6 Å². The van der Waals surface area contributed by atoms with E-state index in [1.54, 1.807) is 73.7 Å². The van der Waals surface area contributed by atoms with Gasteiger partial charge in [-0.25, -0.2) is 8.42 Å². The van der Waals surface area contributed by atoms with Gasteiger partial charge in [0.2, 0.25) is 11.8 Å². The normalized spacial score (nSPS) is 12.1. The summed E-state index contributed by atoms with van der Waals surface area (Å²) >= 11 is 6.17. The number of anilines is 1. The zero-order valence-electron chi connectivity index (χ0n) is 22.5. The van der Waals surface area contributed by atoms with Crippen molar-refractivity contribution in [3.63, 3.8) is 0 Å². The van der Waals surface area contributed by atoms with E-state index in [1.165, 1.54) is 24.1 Å². The summed E-state index contributed by atoms with van der Waals surface area (Å²) in [6.45, 7) is 5.57. The summed E-state index contributed by atoms with van der Waals surface area (Å²) in [6, 6.07) is 20.4. The number of halogens is 1. The summed E-state index contributed by atoms with van der Waals surface area (Å²) in [7, 11) is -2.62. The number of carbonyl (C=O) groups excluding carboxylic acids is 2. The van der Waals surface area contributed by atoms with Crippen LogP contribution in [0.15, 0.2) is 83.8 Å². The highest BCUT2D eigenvalue weighted by molar-refractivity contribution is 7.92. The number of amides is 2. The van der Waals surface area contributed by atoms with Crippen molar-refractivity contribution >= 4 is 39.1 Å². The highest BCUT2D eigenvalue weighted by Gasteiger charge is 2.32. The zero-order valence-corrected chi connectivity index (χ0v) is 24.1. The molecule has 0 unspecified atom stereocenters. The van der Waals surface area contributed by atoms with Crippen LogP contribution in [0, 0.1) is 5.92 Å². The molecule has 0 aliphatic heterocycles. The number of nitrogens with zero attached hydrogens (tertiary/aromatic N) is 2. The maximum atomic E-state index is 13.9. The van der Waals surface area contributed by atoms with Crippen LogP contribution in [0.25, 0.3) is 0 Å². The molecule has 3 rings (SSSR count). The van der Waals surface area contributed by atoms with E-state index in [0.717, 1.165) is 4.31 Å². The second-order valence-corrected chi connectivity index (χ2v) is 11.8. The lowest BCUT2D eigenvalue weighted by molar-refractivity contribution is -0.139. The first-order chi connectivity index (χ1) is 18.5. The highest BCUT2D eigenvalue weighted by Crippen LogP contribution is 2.26. The van der Waals surface area contributed by atoms with E-state index < -0.39 is 28.5 Å². The molecule has 0 aromatic heterocycles. The first kappa shape index (κ1) is 30.0. The Morgan fingerprint density at radius 2 is 1.62 bits per heavy atom. The largest absolute Gasteiger partial charge is 0.497 e. The Hall–Kier alpha value is -3.56. The second kappa shape index (κ2) is 13.5. The standard InChI is InChI=1S/C29H34ClN3O5S/c1-21(2)18-31-29(35)22(3)32(19-23-9-8-10-24(30)17-23)28(34)20-33(25-13-15-26(38-4)16-14-25)39(36,37)27-11-6-5-7-12-27/h5-17,21-22H,18-20H2,1-4H3,(H,31,35)/t22-/m0/s1. The third-order valence-electron chi connectivity index (χ3n) is 6.06. The molecule has 3 aromatic carbocycles. The molecule has 39 heavy (non-hydrogen) atoms. The fourth-order valence-corrected chi connectivity index (χ4v) is 5.51. The fraction of sp³-hybridized carbons (Fsp3) is 0.310. The molecule has 2 amide bonds. The second-order valence-electron chi connectivity index (χ2n) is 9.49. The molecule has 8 nitrogen and oxygen atoms in total. The van der Waals surface area contributed by atoms with Gasteiger partial charge in [0.05, 0.1) is 17.7 Å². The number of ether oxygens (including phenoxy) is 1. The molecular weight excluding hydrogens is 538 g/mol. The molecule has 0 bridgehead atoms. The molecule has 0 radical (unpaired) electrons. The third kappa shape index (κ3) is 7.97. The Bertz CT molecular complexity index is 1370. The lowest BCUT2D eigenvalue weighted by Crippen LogP contribution is -2.51. The lowest BCUT2D eigenvalue weighted by Gasteiger charge is -2.32. The zero-order chi connectivity index (χ0) is 28.6. The lowest BCUT2D eigenvalue weighted by atomic mass is 10.1. The smallest absolute Gasteiger partial charge is 0.264 e. The van der Waals surface area contributed by atoms with Crippen LogP contribution in [0.3, 0.4) is 0 Å². The van der Waals surface area contributed by atoms with Gasteiger partial charge < -0.3 is 15.0 Å². The van der Waals surface area contributed by atoms with Crippen molar-refractivity contribution in [3.05, 3.63) is 89.4 Å². The molecule has 10 heteroatoms. The SMILES string of the molecule is COc1ccc(N(CC(=O)N(Cc2cccc(Cl)c2)[C@@H](C)C(=O)NCC(C)C)S(=O)(=O)c2ccccc2)cc1. The Labute approximate surface area is 235 Å². The molecule has 0 fully saturated rings. The van der Waals surface area contributed by atoms with Crippen molar-refractivity contribution in [2.75, 3.05) is 24.5 Å².